The molecule has 0 radical (unpaired) electrons. The molecule has 3 rings (SSSR count). The summed E-state index contributed by atoms with van der Waals surface area (Å²) in [6.45, 7) is 8.87. The van der Waals surface area contributed by atoms with Gasteiger partial charge in [-0.05, 0) is 33.9 Å². The van der Waals surface area contributed by atoms with Gasteiger partial charge in [0.15, 0.2) is 5.82 Å². The molecule has 0 spiro atoms. The van der Waals surface area contributed by atoms with Crippen molar-refractivity contribution in [3.05, 3.63) is 29.6 Å². The molecule has 0 saturated carbocycles. The van der Waals surface area contributed by atoms with Crippen LogP contribution in [0.25, 0.3) is 5.82 Å². The van der Waals surface area contributed by atoms with Crippen LogP contribution in [0.4, 0.5) is 0 Å². The lowest BCUT2D eigenvalue weighted by atomic mass is 10.1. The van der Waals surface area contributed by atoms with Crippen molar-refractivity contribution >= 4 is 5.91 Å². The van der Waals surface area contributed by atoms with E-state index in [2.05, 4.69) is 34.2 Å². The molecule has 25 heavy (non-hydrogen) atoms. The fourth-order valence-corrected chi connectivity index (χ4v) is 3.10. The third-order valence-corrected chi connectivity index (χ3v) is 4.47. The maximum atomic E-state index is 12.9. The summed E-state index contributed by atoms with van der Waals surface area (Å²) in [5.41, 5.74) is 1.36. The summed E-state index contributed by atoms with van der Waals surface area (Å²) >= 11 is 0. The Labute approximate surface area is 147 Å². The second-order valence-corrected chi connectivity index (χ2v) is 6.33. The van der Waals surface area contributed by atoms with E-state index in [4.69, 9.17) is 4.74 Å². The molecule has 0 aliphatic carbocycles. The van der Waals surface area contributed by atoms with Crippen LogP contribution in [0, 0.1) is 6.92 Å². The smallest absolute Gasteiger partial charge is 0.257 e. The van der Waals surface area contributed by atoms with Gasteiger partial charge in [0.05, 0.1) is 24.1 Å². The van der Waals surface area contributed by atoms with E-state index in [9.17, 15) is 4.79 Å². The van der Waals surface area contributed by atoms with E-state index in [0.717, 1.165) is 25.3 Å². The monoisotopic (exact) mass is 344 g/mol. The number of hydrogen-bond donors (Lipinski definition) is 0. The molecule has 1 aliphatic rings. The minimum absolute atomic E-state index is 0.0169. The lowest BCUT2D eigenvalue weighted by Crippen LogP contribution is -2.52. The van der Waals surface area contributed by atoms with Crippen LogP contribution in [0.1, 0.15) is 29.9 Å². The van der Waals surface area contributed by atoms with Crippen molar-refractivity contribution < 1.29 is 9.53 Å². The maximum absolute atomic E-state index is 12.9. The fraction of sp³-hybridized carbons (Fsp3) is 0.529. The number of ether oxygens (including phenoxy) is 1. The van der Waals surface area contributed by atoms with Gasteiger partial charge in [-0.1, -0.05) is 0 Å². The molecule has 0 N–H and O–H groups in total. The third-order valence-electron chi connectivity index (χ3n) is 4.47. The first-order valence-corrected chi connectivity index (χ1v) is 8.52. The molecular formula is C17H24N6O2. The van der Waals surface area contributed by atoms with Gasteiger partial charge >= 0.3 is 0 Å². The molecule has 0 unspecified atom stereocenters. The zero-order valence-corrected chi connectivity index (χ0v) is 15.1. The average molecular weight is 344 g/mol. The van der Waals surface area contributed by atoms with Crippen LogP contribution in [-0.4, -0.2) is 75.0 Å². The highest BCUT2D eigenvalue weighted by Gasteiger charge is 2.28. The van der Waals surface area contributed by atoms with E-state index in [1.54, 1.807) is 23.0 Å². The van der Waals surface area contributed by atoms with Gasteiger partial charge in [-0.15, -0.1) is 10.2 Å². The Balaban J connectivity index is 1.82. The van der Waals surface area contributed by atoms with Crippen molar-refractivity contribution in [1.29, 1.82) is 0 Å². The molecule has 8 heteroatoms. The van der Waals surface area contributed by atoms with E-state index in [1.165, 1.54) is 0 Å². The molecule has 1 aliphatic heterocycles. The second-order valence-electron chi connectivity index (χ2n) is 6.33. The summed E-state index contributed by atoms with van der Waals surface area (Å²) in [6.07, 6.45) is 1.61. The number of likely N-dealkylation sites (N-methyl/N-ethyl adjacent to an activating group) is 1. The van der Waals surface area contributed by atoms with Gasteiger partial charge in [-0.25, -0.2) is 4.68 Å². The van der Waals surface area contributed by atoms with Crippen molar-refractivity contribution in [2.75, 3.05) is 33.3 Å². The number of aromatic nitrogens is 4. The highest BCUT2D eigenvalue weighted by Crippen LogP contribution is 2.18. The average Bonchev–Trinajstić information content (AvgIpc) is 2.97. The number of carbonyl (C=O) groups excluding carboxylic acids is 1. The van der Waals surface area contributed by atoms with Crippen molar-refractivity contribution in [2.24, 2.45) is 0 Å². The quantitative estimate of drug-likeness (QED) is 0.828. The van der Waals surface area contributed by atoms with Crippen LogP contribution in [0.15, 0.2) is 18.3 Å². The Morgan fingerprint density at radius 3 is 2.76 bits per heavy atom. The first-order chi connectivity index (χ1) is 12.0. The van der Waals surface area contributed by atoms with Gasteiger partial charge in [-0.2, -0.15) is 5.10 Å². The molecule has 0 aromatic carbocycles. The Morgan fingerprint density at radius 2 is 2.12 bits per heavy atom. The van der Waals surface area contributed by atoms with Crippen LogP contribution < -0.4 is 4.74 Å². The SMILES string of the molecule is CCOc1ccc(-n2ncc(C(=O)N3CCN(C)C[C@@H]3C)c2C)nn1. The minimum Gasteiger partial charge on any atom is -0.477 e. The van der Waals surface area contributed by atoms with Gasteiger partial charge in [0, 0.05) is 31.7 Å². The molecular weight excluding hydrogens is 320 g/mol. The summed E-state index contributed by atoms with van der Waals surface area (Å²) in [6, 6.07) is 3.71. The Kier molecular flexibility index (Phi) is 4.98. The summed E-state index contributed by atoms with van der Waals surface area (Å²) in [5.74, 6) is 1.05. The molecule has 1 saturated heterocycles. The standard InChI is InChI=1S/C17H24N6O2/c1-5-25-16-7-6-15(19-20-16)23-13(3)14(10-18-23)17(24)22-9-8-21(4)11-12(22)2/h6-7,10,12H,5,8-9,11H2,1-4H3/t12-/m0/s1. The van der Waals surface area contributed by atoms with Gasteiger partial charge in [0.1, 0.15) is 0 Å². The first kappa shape index (κ1) is 17.3. The molecule has 1 amide bonds. The highest BCUT2D eigenvalue weighted by molar-refractivity contribution is 5.95. The number of nitrogens with zero attached hydrogens (tertiary/aromatic N) is 6. The minimum atomic E-state index is 0.0169. The van der Waals surface area contributed by atoms with Crippen LogP contribution in [0.5, 0.6) is 5.88 Å². The lowest BCUT2D eigenvalue weighted by Gasteiger charge is -2.38. The predicted molar refractivity (Wildman–Crippen MR) is 93.1 cm³/mol. The van der Waals surface area contributed by atoms with Crippen LogP contribution in [0.3, 0.4) is 0 Å². The largest absolute Gasteiger partial charge is 0.477 e. The molecule has 134 valence electrons. The van der Waals surface area contributed by atoms with Gasteiger partial charge in [0.25, 0.3) is 5.91 Å². The molecule has 1 atom stereocenters. The first-order valence-electron chi connectivity index (χ1n) is 8.52. The Hall–Kier alpha value is -2.48. The number of amides is 1. The van der Waals surface area contributed by atoms with Crippen molar-refractivity contribution in [1.82, 2.24) is 29.8 Å². The Morgan fingerprint density at radius 1 is 1.32 bits per heavy atom. The molecule has 0 bridgehead atoms. The highest BCUT2D eigenvalue weighted by atomic mass is 16.5. The van der Waals surface area contributed by atoms with Crippen LogP contribution >= 0.6 is 0 Å². The number of rotatable bonds is 4. The van der Waals surface area contributed by atoms with E-state index in [1.807, 2.05) is 18.7 Å². The number of hydrogen-bond acceptors (Lipinski definition) is 6. The lowest BCUT2D eigenvalue weighted by molar-refractivity contribution is 0.0533. The molecule has 8 nitrogen and oxygen atoms in total. The predicted octanol–water partition coefficient (Wildman–Crippen LogP) is 1.15. The molecule has 1 fully saturated rings. The maximum Gasteiger partial charge on any atom is 0.257 e. The Bertz CT molecular complexity index is 742. The van der Waals surface area contributed by atoms with Crippen molar-refractivity contribution in [3.63, 3.8) is 0 Å². The van der Waals surface area contributed by atoms with E-state index in [-0.39, 0.29) is 11.9 Å². The topological polar surface area (TPSA) is 76.4 Å². The number of carbonyl (C=O) groups is 1. The molecule has 3 heterocycles. The number of piperazine rings is 1. The van der Waals surface area contributed by atoms with Crippen LogP contribution in [-0.2, 0) is 0 Å². The fourth-order valence-electron chi connectivity index (χ4n) is 3.10. The van der Waals surface area contributed by atoms with Gasteiger partial charge < -0.3 is 14.5 Å². The zero-order valence-electron chi connectivity index (χ0n) is 15.1. The van der Waals surface area contributed by atoms with Crippen molar-refractivity contribution in [3.8, 4) is 11.7 Å². The van der Waals surface area contributed by atoms with Crippen molar-refractivity contribution in [2.45, 2.75) is 26.8 Å². The van der Waals surface area contributed by atoms with E-state index >= 15 is 0 Å². The summed E-state index contributed by atoms with van der Waals surface area (Å²) in [5, 5.41) is 12.5. The summed E-state index contributed by atoms with van der Waals surface area (Å²) < 4.78 is 6.94. The van der Waals surface area contributed by atoms with E-state index in [0.29, 0.717) is 23.9 Å². The van der Waals surface area contributed by atoms with E-state index < -0.39 is 0 Å². The molecule has 2 aromatic rings. The third kappa shape index (κ3) is 3.48. The summed E-state index contributed by atoms with van der Waals surface area (Å²) in [7, 11) is 2.08. The van der Waals surface area contributed by atoms with Crippen LogP contribution in [0.2, 0.25) is 0 Å². The normalized spacial score (nSPS) is 18.4. The molecule has 2 aromatic heterocycles. The zero-order chi connectivity index (χ0) is 18.0. The second kappa shape index (κ2) is 7.18. The van der Waals surface area contributed by atoms with Gasteiger partial charge in [-0.3, -0.25) is 4.79 Å². The summed E-state index contributed by atoms with van der Waals surface area (Å²) in [4.78, 5) is 17.1. The van der Waals surface area contributed by atoms with Gasteiger partial charge in [0.2, 0.25) is 5.88 Å².